The number of pyridine rings is 1. The van der Waals surface area contributed by atoms with Crippen LogP contribution in [0.15, 0.2) is 12.3 Å². The first-order chi connectivity index (χ1) is 9.99. The minimum Gasteiger partial charge on any atom is -0.349 e. The Balaban J connectivity index is 2.19. The van der Waals surface area contributed by atoms with Gasteiger partial charge in [0.2, 0.25) is 0 Å². The third-order valence-electron chi connectivity index (χ3n) is 3.97. The molecule has 0 saturated heterocycles. The van der Waals surface area contributed by atoms with E-state index in [1.54, 1.807) is 0 Å². The van der Waals surface area contributed by atoms with Crippen molar-refractivity contribution in [1.82, 2.24) is 10.3 Å². The number of nitro groups is 1. The van der Waals surface area contributed by atoms with Crippen molar-refractivity contribution in [1.29, 1.82) is 0 Å². The summed E-state index contributed by atoms with van der Waals surface area (Å²) in [6, 6.07) is 1.29. The summed E-state index contributed by atoms with van der Waals surface area (Å²) in [7, 11) is 0. The summed E-state index contributed by atoms with van der Waals surface area (Å²) in [5, 5.41) is 14.0. The highest BCUT2D eigenvalue weighted by atomic mass is 35.5. The number of hydrogen-bond acceptors (Lipinski definition) is 4. The van der Waals surface area contributed by atoms with E-state index in [0.29, 0.717) is 5.92 Å². The number of rotatable bonds is 3. The molecule has 0 bridgehead atoms. The maximum Gasteiger partial charge on any atom is 0.300 e. The van der Waals surface area contributed by atoms with Gasteiger partial charge < -0.3 is 5.32 Å². The summed E-state index contributed by atoms with van der Waals surface area (Å²) in [6.07, 6.45) is 6.37. The maximum atomic E-state index is 12.3. The van der Waals surface area contributed by atoms with Crippen molar-refractivity contribution in [2.45, 2.75) is 45.1 Å². The molecule has 0 radical (unpaired) electrons. The first kappa shape index (κ1) is 15.7. The first-order valence-corrected chi connectivity index (χ1v) is 7.47. The molecule has 0 spiro atoms. The molecular formula is C14H18ClN3O3. The van der Waals surface area contributed by atoms with Crippen molar-refractivity contribution >= 4 is 23.2 Å². The van der Waals surface area contributed by atoms with Crippen molar-refractivity contribution in [3.05, 3.63) is 33.1 Å². The third kappa shape index (κ3) is 3.91. The Morgan fingerprint density at radius 1 is 1.43 bits per heavy atom. The van der Waals surface area contributed by atoms with Crippen LogP contribution in [-0.2, 0) is 0 Å². The van der Waals surface area contributed by atoms with Crippen LogP contribution in [0.4, 0.5) is 5.69 Å². The standard InChI is InChI=1S/C14H18ClN3O3/c1-9-5-3-2-4-6-11(9)17-14(19)10-7-13(15)16-8-12(10)18(20)21/h7-9,11H,2-6H2,1H3,(H,17,19). The number of nitrogens with one attached hydrogen (secondary N) is 1. The average Bonchev–Trinajstić information content (AvgIpc) is 2.63. The fraction of sp³-hybridized carbons (Fsp3) is 0.571. The van der Waals surface area contributed by atoms with Gasteiger partial charge in [-0.05, 0) is 24.8 Å². The van der Waals surface area contributed by atoms with E-state index in [1.807, 2.05) is 0 Å². The molecule has 1 saturated carbocycles. The van der Waals surface area contributed by atoms with Crippen LogP contribution in [0.2, 0.25) is 5.15 Å². The van der Waals surface area contributed by atoms with E-state index >= 15 is 0 Å². The summed E-state index contributed by atoms with van der Waals surface area (Å²) in [4.78, 5) is 26.4. The number of hydrogen-bond donors (Lipinski definition) is 1. The molecule has 1 aromatic rings. The maximum absolute atomic E-state index is 12.3. The highest BCUT2D eigenvalue weighted by molar-refractivity contribution is 6.29. The molecule has 1 amide bonds. The average molecular weight is 312 g/mol. The first-order valence-electron chi connectivity index (χ1n) is 7.10. The summed E-state index contributed by atoms with van der Waals surface area (Å²) in [5.41, 5.74) is -0.352. The van der Waals surface area contributed by atoms with Gasteiger partial charge in [-0.15, -0.1) is 0 Å². The molecule has 1 aliphatic carbocycles. The van der Waals surface area contributed by atoms with E-state index in [9.17, 15) is 14.9 Å². The van der Waals surface area contributed by atoms with E-state index in [1.165, 1.54) is 6.07 Å². The predicted octanol–water partition coefficient (Wildman–Crippen LogP) is 3.34. The van der Waals surface area contributed by atoms with E-state index in [2.05, 4.69) is 17.2 Å². The Bertz CT molecular complexity index is 550. The van der Waals surface area contributed by atoms with Crippen molar-refractivity contribution in [2.75, 3.05) is 0 Å². The van der Waals surface area contributed by atoms with Crippen LogP contribution in [0.5, 0.6) is 0 Å². The second-order valence-electron chi connectivity index (χ2n) is 5.48. The predicted molar refractivity (Wildman–Crippen MR) is 79.4 cm³/mol. The van der Waals surface area contributed by atoms with Crippen molar-refractivity contribution < 1.29 is 9.72 Å². The Kier molecular flexibility index (Phi) is 5.12. The highest BCUT2D eigenvalue weighted by Crippen LogP contribution is 2.25. The summed E-state index contributed by atoms with van der Waals surface area (Å²) < 4.78 is 0. The SMILES string of the molecule is CC1CCCCCC1NC(=O)c1cc(Cl)ncc1[N+](=O)[O-]. The van der Waals surface area contributed by atoms with Crippen LogP contribution in [-0.4, -0.2) is 21.9 Å². The molecule has 1 aliphatic rings. The molecule has 1 heterocycles. The second kappa shape index (κ2) is 6.85. The Labute approximate surface area is 128 Å². The van der Waals surface area contributed by atoms with Crippen LogP contribution in [0, 0.1) is 16.0 Å². The largest absolute Gasteiger partial charge is 0.349 e. The molecule has 2 unspecified atom stereocenters. The lowest BCUT2D eigenvalue weighted by atomic mass is 9.96. The van der Waals surface area contributed by atoms with Crippen LogP contribution in [0.3, 0.4) is 0 Å². The molecule has 21 heavy (non-hydrogen) atoms. The summed E-state index contributed by atoms with van der Waals surface area (Å²) in [5.74, 6) is -0.0856. The molecule has 2 atom stereocenters. The molecule has 1 aromatic heterocycles. The van der Waals surface area contributed by atoms with E-state index < -0.39 is 10.8 Å². The number of amides is 1. The number of halogens is 1. The Morgan fingerprint density at radius 2 is 2.14 bits per heavy atom. The molecule has 0 aromatic carbocycles. The van der Waals surface area contributed by atoms with Gasteiger partial charge in [-0.3, -0.25) is 14.9 Å². The van der Waals surface area contributed by atoms with E-state index in [4.69, 9.17) is 11.6 Å². The number of carbonyl (C=O) groups excluding carboxylic acids is 1. The molecule has 7 heteroatoms. The van der Waals surface area contributed by atoms with Gasteiger partial charge in [0.05, 0.1) is 4.92 Å². The lowest BCUT2D eigenvalue weighted by Gasteiger charge is -2.22. The van der Waals surface area contributed by atoms with Gasteiger partial charge in [0.1, 0.15) is 16.9 Å². The molecule has 2 rings (SSSR count). The van der Waals surface area contributed by atoms with E-state index in [-0.39, 0.29) is 22.4 Å². The summed E-state index contributed by atoms with van der Waals surface area (Å²) in [6.45, 7) is 2.10. The van der Waals surface area contributed by atoms with Crippen LogP contribution in [0.25, 0.3) is 0 Å². The van der Waals surface area contributed by atoms with Crippen LogP contribution < -0.4 is 5.32 Å². The van der Waals surface area contributed by atoms with Gasteiger partial charge in [0.25, 0.3) is 11.6 Å². The number of carbonyl (C=O) groups is 1. The molecule has 114 valence electrons. The van der Waals surface area contributed by atoms with Crippen LogP contribution in [0.1, 0.15) is 49.4 Å². The van der Waals surface area contributed by atoms with Crippen molar-refractivity contribution in [3.8, 4) is 0 Å². The van der Waals surface area contributed by atoms with Gasteiger partial charge >= 0.3 is 0 Å². The lowest BCUT2D eigenvalue weighted by Crippen LogP contribution is -2.39. The van der Waals surface area contributed by atoms with Gasteiger partial charge in [0, 0.05) is 6.04 Å². The Hall–Kier alpha value is -1.69. The fourth-order valence-corrected chi connectivity index (χ4v) is 2.86. The van der Waals surface area contributed by atoms with Crippen molar-refractivity contribution in [2.24, 2.45) is 5.92 Å². The zero-order valence-electron chi connectivity index (χ0n) is 11.8. The topological polar surface area (TPSA) is 85.1 Å². The number of nitrogens with zero attached hydrogens (tertiary/aromatic N) is 2. The third-order valence-corrected chi connectivity index (χ3v) is 4.18. The zero-order chi connectivity index (χ0) is 15.4. The lowest BCUT2D eigenvalue weighted by molar-refractivity contribution is -0.385. The molecule has 0 aliphatic heterocycles. The Morgan fingerprint density at radius 3 is 2.86 bits per heavy atom. The second-order valence-corrected chi connectivity index (χ2v) is 5.86. The van der Waals surface area contributed by atoms with Gasteiger partial charge in [0.15, 0.2) is 0 Å². The molecular weight excluding hydrogens is 294 g/mol. The molecule has 1 fully saturated rings. The smallest absolute Gasteiger partial charge is 0.300 e. The minimum absolute atomic E-state index is 0.0311. The van der Waals surface area contributed by atoms with Crippen molar-refractivity contribution in [3.63, 3.8) is 0 Å². The summed E-state index contributed by atoms with van der Waals surface area (Å²) >= 11 is 5.75. The molecule has 6 nitrogen and oxygen atoms in total. The normalized spacial score (nSPS) is 22.4. The number of aromatic nitrogens is 1. The van der Waals surface area contributed by atoms with Gasteiger partial charge in [-0.1, -0.05) is 37.8 Å². The fourth-order valence-electron chi connectivity index (χ4n) is 2.70. The van der Waals surface area contributed by atoms with Gasteiger partial charge in [-0.2, -0.15) is 0 Å². The minimum atomic E-state index is -0.616. The zero-order valence-corrected chi connectivity index (χ0v) is 12.6. The monoisotopic (exact) mass is 311 g/mol. The van der Waals surface area contributed by atoms with E-state index in [0.717, 1.165) is 38.3 Å². The van der Waals surface area contributed by atoms with Crippen LogP contribution >= 0.6 is 11.6 Å². The molecule has 1 N–H and O–H groups in total. The van der Waals surface area contributed by atoms with Gasteiger partial charge in [-0.25, -0.2) is 4.98 Å². The highest BCUT2D eigenvalue weighted by Gasteiger charge is 2.26. The quantitative estimate of drug-likeness (QED) is 0.401.